The Kier molecular flexibility index (Phi) is 4.93. The Morgan fingerprint density at radius 2 is 1.75 bits per heavy atom. The number of benzene rings is 1. The van der Waals surface area contributed by atoms with Gasteiger partial charge < -0.3 is 9.88 Å². The predicted molar refractivity (Wildman–Crippen MR) is 107 cm³/mol. The van der Waals surface area contributed by atoms with Crippen LogP contribution in [0.15, 0.2) is 79.5 Å². The SMILES string of the molecule is Cn1cc(-c2cnc(-c3ccccc3)nc2)cc1C(=O)NCc1cccnc1. The fourth-order valence-electron chi connectivity index (χ4n) is 2.94. The Bertz CT molecular complexity index is 1070. The van der Waals surface area contributed by atoms with Crippen LogP contribution < -0.4 is 5.32 Å². The summed E-state index contributed by atoms with van der Waals surface area (Å²) in [4.78, 5) is 25.5. The maximum Gasteiger partial charge on any atom is 0.268 e. The first-order chi connectivity index (χ1) is 13.7. The van der Waals surface area contributed by atoms with Crippen molar-refractivity contribution in [2.45, 2.75) is 6.54 Å². The van der Waals surface area contributed by atoms with Gasteiger partial charge in [0.2, 0.25) is 0 Å². The maximum absolute atomic E-state index is 12.5. The summed E-state index contributed by atoms with van der Waals surface area (Å²) in [5.41, 5.74) is 4.26. The van der Waals surface area contributed by atoms with Crippen LogP contribution >= 0.6 is 0 Å². The fraction of sp³-hybridized carbons (Fsp3) is 0.0909. The lowest BCUT2D eigenvalue weighted by molar-refractivity contribution is 0.0943. The molecule has 6 heteroatoms. The first-order valence-electron chi connectivity index (χ1n) is 8.92. The molecule has 3 aromatic heterocycles. The van der Waals surface area contributed by atoms with Gasteiger partial charge in [0.25, 0.3) is 5.91 Å². The van der Waals surface area contributed by atoms with E-state index >= 15 is 0 Å². The van der Waals surface area contributed by atoms with E-state index in [9.17, 15) is 4.79 Å². The molecule has 0 aliphatic rings. The molecule has 1 amide bonds. The quantitative estimate of drug-likeness (QED) is 0.585. The van der Waals surface area contributed by atoms with Crippen molar-refractivity contribution in [3.05, 3.63) is 90.8 Å². The van der Waals surface area contributed by atoms with E-state index in [0.717, 1.165) is 22.3 Å². The number of nitrogens with one attached hydrogen (secondary N) is 1. The predicted octanol–water partition coefficient (Wildman–Crippen LogP) is 3.47. The second kappa shape index (κ2) is 7.84. The normalized spacial score (nSPS) is 10.6. The van der Waals surface area contributed by atoms with Crippen LogP contribution in [0.1, 0.15) is 16.1 Å². The summed E-state index contributed by atoms with van der Waals surface area (Å²) in [6.45, 7) is 0.433. The molecule has 138 valence electrons. The Morgan fingerprint density at radius 3 is 2.46 bits per heavy atom. The number of pyridine rings is 1. The second-order valence-corrected chi connectivity index (χ2v) is 6.43. The van der Waals surface area contributed by atoms with Gasteiger partial charge in [-0.1, -0.05) is 36.4 Å². The molecule has 4 rings (SSSR count). The Balaban J connectivity index is 1.50. The molecule has 3 heterocycles. The Hall–Kier alpha value is -3.80. The molecular weight excluding hydrogens is 350 g/mol. The molecule has 0 unspecified atom stereocenters. The van der Waals surface area contributed by atoms with E-state index in [2.05, 4.69) is 20.3 Å². The molecule has 4 aromatic rings. The van der Waals surface area contributed by atoms with Crippen LogP contribution in [0.2, 0.25) is 0 Å². The minimum Gasteiger partial charge on any atom is -0.347 e. The molecule has 0 fully saturated rings. The van der Waals surface area contributed by atoms with Gasteiger partial charge in [-0.2, -0.15) is 0 Å². The molecule has 1 N–H and O–H groups in total. The van der Waals surface area contributed by atoms with Crippen LogP contribution in [-0.4, -0.2) is 25.4 Å². The van der Waals surface area contributed by atoms with Crippen LogP contribution in [0, 0.1) is 0 Å². The van der Waals surface area contributed by atoms with Crippen molar-refractivity contribution in [3.8, 4) is 22.5 Å². The molecule has 0 aliphatic heterocycles. The number of hydrogen-bond donors (Lipinski definition) is 1. The lowest BCUT2D eigenvalue weighted by Gasteiger charge is -2.05. The molecule has 0 saturated heterocycles. The zero-order chi connectivity index (χ0) is 19.3. The number of rotatable bonds is 5. The molecule has 0 bridgehead atoms. The fourth-order valence-corrected chi connectivity index (χ4v) is 2.94. The summed E-state index contributed by atoms with van der Waals surface area (Å²) in [6.07, 6.45) is 8.91. The van der Waals surface area contributed by atoms with Gasteiger partial charge >= 0.3 is 0 Å². The minimum atomic E-state index is -0.139. The summed E-state index contributed by atoms with van der Waals surface area (Å²) in [7, 11) is 1.85. The molecule has 0 aliphatic carbocycles. The van der Waals surface area contributed by atoms with E-state index in [4.69, 9.17) is 0 Å². The number of nitrogens with zero attached hydrogens (tertiary/aromatic N) is 4. The van der Waals surface area contributed by atoms with Crippen molar-refractivity contribution in [1.82, 2.24) is 24.8 Å². The van der Waals surface area contributed by atoms with Gasteiger partial charge in [-0.15, -0.1) is 0 Å². The molecule has 6 nitrogen and oxygen atoms in total. The monoisotopic (exact) mass is 369 g/mol. The molecule has 1 aromatic carbocycles. The summed E-state index contributed by atoms with van der Waals surface area (Å²) in [6, 6.07) is 15.4. The van der Waals surface area contributed by atoms with Gasteiger partial charge in [0, 0.05) is 61.3 Å². The Labute approximate surface area is 162 Å². The van der Waals surface area contributed by atoms with Gasteiger partial charge in [-0.3, -0.25) is 9.78 Å². The van der Waals surface area contributed by atoms with Crippen molar-refractivity contribution in [2.24, 2.45) is 7.05 Å². The van der Waals surface area contributed by atoms with Crippen molar-refractivity contribution < 1.29 is 4.79 Å². The van der Waals surface area contributed by atoms with Gasteiger partial charge in [-0.05, 0) is 17.7 Å². The standard InChI is InChI=1S/C22H19N5O/c1-27-15-18(10-20(27)22(28)26-12-16-6-5-9-23-11-16)19-13-24-21(25-14-19)17-7-3-2-4-8-17/h2-11,13-15H,12H2,1H3,(H,26,28). The average Bonchev–Trinajstić information content (AvgIpc) is 3.15. The number of carbonyl (C=O) groups excluding carboxylic acids is 1. The zero-order valence-corrected chi connectivity index (χ0v) is 15.4. The highest BCUT2D eigenvalue weighted by atomic mass is 16.1. The van der Waals surface area contributed by atoms with Crippen LogP contribution in [-0.2, 0) is 13.6 Å². The molecule has 0 atom stereocenters. The molecule has 0 spiro atoms. The summed E-state index contributed by atoms with van der Waals surface area (Å²) < 4.78 is 1.80. The van der Waals surface area contributed by atoms with Crippen LogP contribution in [0.25, 0.3) is 22.5 Å². The molecular formula is C22H19N5O. The summed E-state index contributed by atoms with van der Waals surface area (Å²) in [5.74, 6) is 0.536. The third-order valence-electron chi connectivity index (χ3n) is 4.43. The summed E-state index contributed by atoms with van der Waals surface area (Å²) in [5, 5.41) is 2.92. The van der Waals surface area contributed by atoms with Crippen LogP contribution in [0.3, 0.4) is 0 Å². The number of hydrogen-bond acceptors (Lipinski definition) is 4. The largest absolute Gasteiger partial charge is 0.347 e. The molecule has 0 radical (unpaired) electrons. The first-order valence-corrected chi connectivity index (χ1v) is 8.92. The van der Waals surface area contributed by atoms with Crippen LogP contribution in [0.5, 0.6) is 0 Å². The van der Waals surface area contributed by atoms with E-state index in [0.29, 0.717) is 18.1 Å². The van der Waals surface area contributed by atoms with Crippen molar-refractivity contribution in [3.63, 3.8) is 0 Å². The highest BCUT2D eigenvalue weighted by Gasteiger charge is 2.13. The zero-order valence-electron chi connectivity index (χ0n) is 15.4. The van der Waals surface area contributed by atoms with Crippen molar-refractivity contribution in [2.75, 3.05) is 0 Å². The van der Waals surface area contributed by atoms with E-state index < -0.39 is 0 Å². The van der Waals surface area contributed by atoms with Crippen molar-refractivity contribution in [1.29, 1.82) is 0 Å². The van der Waals surface area contributed by atoms with E-state index in [-0.39, 0.29) is 5.91 Å². The van der Waals surface area contributed by atoms with Gasteiger partial charge in [0.05, 0.1) is 0 Å². The number of aryl methyl sites for hydroxylation is 1. The average molecular weight is 369 g/mol. The lowest BCUT2D eigenvalue weighted by atomic mass is 10.1. The van der Waals surface area contributed by atoms with Crippen molar-refractivity contribution >= 4 is 5.91 Å². The second-order valence-electron chi connectivity index (χ2n) is 6.43. The maximum atomic E-state index is 12.5. The van der Waals surface area contributed by atoms with E-state index in [1.165, 1.54) is 0 Å². The van der Waals surface area contributed by atoms with Gasteiger partial charge in [0.1, 0.15) is 5.69 Å². The van der Waals surface area contributed by atoms with Gasteiger partial charge in [0.15, 0.2) is 5.82 Å². The molecule has 28 heavy (non-hydrogen) atoms. The Morgan fingerprint density at radius 1 is 0.964 bits per heavy atom. The number of amides is 1. The molecule has 0 saturated carbocycles. The third-order valence-corrected chi connectivity index (χ3v) is 4.43. The number of carbonyl (C=O) groups is 1. The van der Waals surface area contributed by atoms with E-state index in [1.807, 2.05) is 61.8 Å². The smallest absolute Gasteiger partial charge is 0.268 e. The van der Waals surface area contributed by atoms with Crippen LogP contribution in [0.4, 0.5) is 0 Å². The minimum absolute atomic E-state index is 0.139. The van der Waals surface area contributed by atoms with Gasteiger partial charge in [-0.25, -0.2) is 9.97 Å². The highest BCUT2D eigenvalue weighted by Crippen LogP contribution is 2.22. The van der Waals surface area contributed by atoms with E-state index in [1.54, 1.807) is 29.4 Å². The third kappa shape index (κ3) is 3.81. The highest BCUT2D eigenvalue weighted by molar-refractivity contribution is 5.94. The first kappa shape index (κ1) is 17.6. The number of aromatic nitrogens is 4. The summed E-state index contributed by atoms with van der Waals surface area (Å²) >= 11 is 0. The topological polar surface area (TPSA) is 72.7 Å². The lowest BCUT2D eigenvalue weighted by Crippen LogP contribution is -2.24.